The molecule has 1 unspecified atom stereocenters. The number of likely N-dealkylation sites (N-methyl/N-ethyl adjacent to an activating group) is 1. The first kappa shape index (κ1) is 14.4. The highest BCUT2D eigenvalue weighted by Gasteiger charge is 2.44. The molecule has 19 heavy (non-hydrogen) atoms. The quantitative estimate of drug-likeness (QED) is 0.907. The van der Waals surface area contributed by atoms with Crippen molar-refractivity contribution in [2.24, 2.45) is 5.41 Å². The van der Waals surface area contributed by atoms with E-state index in [9.17, 15) is 0 Å². The maximum Gasteiger partial charge on any atom is 0.115 e. The fourth-order valence-electron chi connectivity index (χ4n) is 3.15. The molecule has 106 valence electrons. The number of methoxy groups -OCH3 is 1. The van der Waals surface area contributed by atoms with Gasteiger partial charge < -0.3 is 10.1 Å². The minimum absolute atomic E-state index is 0.144. The second-order valence-corrected chi connectivity index (χ2v) is 6.33. The van der Waals surface area contributed by atoms with Gasteiger partial charge in [0.2, 0.25) is 0 Å². The number of ether oxygens (including phenoxy) is 1. The fraction of sp³-hybridized carbons (Fsp3) is 0.733. The smallest absolute Gasteiger partial charge is 0.115 e. The molecular formula is C15H25N3O. The van der Waals surface area contributed by atoms with Gasteiger partial charge in [-0.3, -0.25) is 0 Å². The number of nitrogens with zero attached hydrogens (tertiary/aromatic N) is 2. The summed E-state index contributed by atoms with van der Waals surface area (Å²) in [5.41, 5.74) is 1.38. The minimum Gasteiger partial charge on any atom is -0.376 e. The van der Waals surface area contributed by atoms with Crippen LogP contribution in [0.4, 0.5) is 0 Å². The third kappa shape index (κ3) is 2.95. The van der Waals surface area contributed by atoms with Gasteiger partial charge in [-0.2, -0.15) is 0 Å². The summed E-state index contributed by atoms with van der Waals surface area (Å²) in [6, 6.07) is 0.148. The maximum atomic E-state index is 5.96. The number of hydrogen-bond acceptors (Lipinski definition) is 4. The lowest BCUT2D eigenvalue weighted by atomic mass is 9.67. The maximum absolute atomic E-state index is 5.96. The summed E-state index contributed by atoms with van der Waals surface area (Å²) in [5, 5.41) is 3.40. The molecule has 1 heterocycles. The zero-order valence-electron chi connectivity index (χ0n) is 12.4. The predicted molar refractivity (Wildman–Crippen MR) is 75.8 cm³/mol. The van der Waals surface area contributed by atoms with Gasteiger partial charge in [-0.15, -0.1) is 0 Å². The van der Waals surface area contributed by atoms with Crippen molar-refractivity contribution < 1.29 is 4.74 Å². The van der Waals surface area contributed by atoms with E-state index in [2.05, 4.69) is 29.1 Å². The standard InChI is InChI=1S/C15H25N3O/c1-14(2)5-7-15(19-4,8-6-14)13(16-3)12-9-17-11-18-10-12/h9-11,13,16H,5-8H2,1-4H3. The Morgan fingerprint density at radius 1 is 1.16 bits per heavy atom. The van der Waals surface area contributed by atoms with Gasteiger partial charge in [0.05, 0.1) is 11.6 Å². The average molecular weight is 263 g/mol. The lowest BCUT2D eigenvalue weighted by Gasteiger charge is -2.47. The summed E-state index contributed by atoms with van der Waals surface area (Å²) >= 11 is 0. The van der Waals surface area contributed by atoms with E-state index >= 15 is 0 Å². The zero-order chi connectivity index (χ0) is 13.9. The number of aromatic nitrogens is 2. The van der Waals surface area contributed by atoms with Crippen LogP contribution in [0.1, 0.15) is 51.1 Å². The molecule has 1 aliphatic carbocycles. The van der Waals surface area contributed by atoms with E-state index in [0.717, 1.165) is 18.4 Å². The van der Waals surface area contributed by atoms with Crippen LogP contribution < -0.4 is 5.32 Å². The van der Waals surface area contributed by atoms with Crippen molar-refractivity contribution in [2.75, 3.05) is 14.2 Å². The van der Waals surface area contributed by atoms with E-state index in [1.807, 2.05) is 26.6 Å². The molecule has 0 spiro atoms. The van der Waals surface area contributed by atoms with Crippen LogP contribution in [0.25, 0.3) is 0 Å². The average Bonchev–Trinajstić information content (AvgIpc) is 2.43. The second kappa shape index (κ2) is 5.55. The molecule has 0 aromatic carbocycles. The Morgan fingerprint density at radius 2 is 1.74 bits per heavy atom. The Labute approximate surface area is 116 Å². The van der Waals surface area contributed by atoms with E-state index in [1.54, 1.807) is 6.33 Å². The normalized spacial score (nSPS) is 22.9. The second-order valence-electron chi connectivity index (χ2n) is 6.33. The molecule has 1 N–H and O–H groups in total. The Bertz CT molecular complexity index is 395. The molecule has 1 aromatic heterocycles. The molecule has 0 radical (unpaired) electrons. The van der Waals surface area contributed by atoms with Gasteiger partial charge in [0.15, 0.2) is 0 Å². The van der Waals surface area contributed by atoms with E-state index in [4.69, 9.17) is 4.74 Å². The highest BCUT2D eigenvalue weighted by molar-refractivity contribution is 5.16. The summed E-state index contributed by atoms with van der Waals surface area (Å²) in [7, 11) is 3.81. The summed E-state index contributed by atoms with van der Waals surface area (Å²) < 4.78 is 5.96. The van der Waals surface area contributed by atoms with Crippen LogP contribution in [0.3, 0.4) is 0 Å². The van der Waals surface area contributed by atoms with Crippen LogP contribution in [0.5, 0.6) is 0 Å². The van der Waals surface area contributed by atoms with Gasteiger partial charge in [0, 0.05) is 25.1 Å². The third-order valence-corrected chi connectivity index (χ3v) is 4.59. The van der Waals surface area contributed by atoms with Crippen molar-refractivity contribution in [3.63, 3.8) is 0 Å². The van der Waals surface area contributed by atoms with Crippen LogP contribution in [0.15, 0.2) is 18.7 Å². The molecule has 0 bridgehead atoms. The number of hydrogen-bond donors (Lipinski definition) is 1. The third-order valence-electron chi connectivity index (χ3n) is 4.59. The van der Waals surface area contributed by atoms with Crippen molar-refractivity contribution >= 4 is 0 Å². The van der Waals surface area contributed by atoms with Crippen molar-refractivity contribution in [1.82, 2.24) is 15.3 Å². The zero-order valence-corrected chi connectivity index (χ0v) is 12.4. The van der Waals surface area contributed by atoms with Crippen molar-refractivity contribution in [3.05, 3.63) is 24.3 Å². The Balaban J connectivity index is 2.25. The first-order valence-electron chi connectivity index (χ1n) is 7.00. The van der Waals surface area contributed by atoms with Gasteiger partial charge in [0.1, 0.15) is 6.33 Å². The first-order valence-corrected chi connectivity index (χ1v) is 7.00. The van der Waals surface area contributed by atoms with Crippen LogP contribution in [0, 0.1) is 5.41 Å². The fourth-order valence-corrected chi connectivity index (χ4v) is 3.15. The van der Waals surface area contributed by atoms with Crippen LogP contribution in [-0.4, -0.2) is 29.7 Å². The van der Waals surface area contributed by atoms with Crippen LogP contribution >= 0.6 is 0 Å². The van der Waals surface area contributed by atoms with E-state index in [1.165, 1.54) is 12.8 Å². The Hall–Kier alpha value is -1.00. The van der Waals surface area contributed by atoms with Gasteiger partial charge in [-0.1, -0.05) is 13.8 Å². The Morgan fingerprint density at radius 3 is 2.21 bits per heavy atom. The molecule has 2 rings (SSSR count). The molecule has 1 aliphatic rings. The molecule has 0 amide bonds. The lowest BCUT2D eigenvalue weighted by molar-refractivity contribution is -0.0863. The largest absolute Gasteiger partial charge is 0.376 e. The molecule has 0 saturated heterocycles. The highest BCUT2D eigenvalue weighted by Crippen LogP contribution is 2.47. The first-order chi connectivity index (χ1) is 9.03. The monoisotopic (exact) mass is 263 g/mol. The summed E-state index contributed by atoms with van der Waals surface area (Å²) in [6.45, 7) is 4.68. The number of nitrogens with one attached hydrogen (secondary N) is 1. The van der Waals surface area contributed by atoms with E-state index in [-0.39, 0.29) is 11.6 Å². The van der Waals surface area contributed by atoms with E-state index in [0.29, 0.717) is 5.41 Å². The highest BCUT2D eigenvalue weighted by atomic mass is 16.5. The van der Waals surface area contributed by atoms with Gasteiger partial charge in [-0.05, 0) is 38.1 Å². The minimum atomic E-state index is -0.144. The number of rotatable bonds is 4. The summed E-state index contributed by atoms with van der Waals surface area (Å²) in [5.74, 6) is 0. The molecular weight excluding hydrogens is 238 g/mol. The summed E-state index contributed by atoms with van der Waals surface area (Å²) in [4.78, 5) is 8.27. The van der Waals surface area contributed by atoms with Gasteiger partial charge >= 0.3 is 0 Å². The SMILES string of the molecule is CNC(c1cncnc1)C1(OC)CCC(C)(C)CC1. The lowest BCUT2D eigenvalue weighted by Crippen LogP contribution is -2.48. The van der Waals surface area contributed by atoms with Gasteiger partial charge in [-0.25, -0.2) is 9.97 Å². The van der Waals surface area contributed by atoms with Crippen molar-refractivity contribution in [2.45, 2.75) is 51.2 Å². The molecule has 1 fully saturated rings. The molecule has 0 aliphatic heterocycles. The van der Waals surface area contributed by atoms with E-state index < -0.39 is 0 Å². The molecule has 1 saturated carbocycles. The Kier molecular flexibility index (Phi) is 4.21. The summed E-state index contributed by atoms with van der Waals surface area (Å²) in [6.07, 6.45) is 9.84. The van der Waals surface area contributed by atoms with Crippen LogP contribution in [-0.2, 0) is 4.74 Å². The van der Waals surface area contributed by atoms with Crippen molar-refractivity contribution in [1.29, 1.82) is 0 Å². The predicted octanol–water partition coefficient (Wildman–Crippen LogP) is 2.72. The van der Waals surface area contributed by atoms with Crippen molar-refractivity contribution in [3.8, 4) is 0 Å². The molecule has 1 atom stereocenters. The van der Waals surface area contributed by atoms with Crippen LogP contribution in [0.2, 0.25) is 0 Å². The van der Waals surface area contributed by atoms with Gasteiger partial charge in [0.25, 0.3) is 0 Å². The molecule has 1 aromatic rings. The molecule has 4 heteroatoms. The topological polar surface area (TPSA) is 47.0 Å². The molecule has 4 nitrogen and oxygen atoms in total.